The van der Waals surface area contributed by atoms with Gasteiger partial charge in [0.25, 0.3) is 0 Å². The predicted molar refractivity (Wildman–Crippen MR) is 25.1 cm³/mol. The summed E-state index contributed by atoms with van der Waals surface area (Å²) in [5, 5.41) is 0. The Labute approximate surface area is 38.1 Å². The second-order valence-corrected chi connectivity index (χ2v) is 1.14. The predicted octanol–water partition coefficient (Wildman–Crippen LogP) is 0.160. The van der Waals surface area contributed by atoms with Crippen molar-refractivity contribution in [2.24, 2.45) is 5.73 Å². The van der Waals surface area contributed by atoms with E-state index in [9.17, 15) is 4.79 Å². The Morgan fingerprint density at radius 2 is 2.17 bits per heavy atom. The molecule has 0 saturated carbocycles. The molecule has 0 radical (unpaired) electrons. The van der Waals surface area contributed by atoms with E-state index in [2.05, 4.69) is 6.58 Å². The maximum absolute atomic E-state index is 9.82. The lowest BCUT2D eigenvalue weighted by Crippen LogP contribution is -2.10. The van der Waals surface area contributed by atoms with Crippen molar-refractivity contribution in [2.45, 2.75) is 6.92 Å². The molecule has 0 unspecified atom stereocenters. The van der Waals surface area contributed by atoms with E-state index in [4.69, 9.17) is 5.73 Å². The van der Waals surface area contributed by atoms with Gasteiger partial charge in [-0.3, -0.25) is 4.79 Å². The maximum atomic E-state index is 9.82. The molecule has 0 fully saturated rings. The summed E-state index contributed by atoms with van der Waals surface area (Å²) < 4.78 is 0. The molecule has 0 aromatic rings. The summed E-state index contributed by atoms with van der Waals surface area (Å²) in [7, 11) is 0. The molecule has 6 heavy (non-hydrogen) atoms. The molecule has 0 aliphatic carbocycles. The van der Waals surface area contributed by atoms with Gasteiger partial charge in [0.05, 0.1) is 0 Å². The molecule has 2 N–H and O–H groups in total. The Morgan fingerprint density at radius 3 is 2.17 bits per heavy atom. The fourth-order valence-electron chi connectivity index (χ4n) is 0. The van der Waals surface area contributed by atoms with Crippen LogP contribution in [-0.4, -0.2) is 5.91 Å². The van der Waals surface area contributed by atoms with Crippen LogP contribution < -0.4 is 5.73 Å². The van der Waals surface area contributed by atoms with E-state index in [1.807, 2.05) is 0 Å². The number of hydrogen-bond donors (Lipinski definition) is 1. The van der Waals surface area contributed by atoms with Gasteiger partial charge >= 0.3 is 1.43 Å². The smallest absolute Gasteiger partial charge is 0.366 e. The van der Waals surface area contributed by atoms with E-state index in [0.29, 0.717) is 5.57 Å². The lowest BCUT2D eigenvalue weighted by Gasteiger charge is -1.81. The Morgan fingerprint density at radius 1 is 2.00 bits per heavy atom. The van der Waals surface area contributed by atoms with Gasteiger partial charge in [-0.05, 0) is 6.92 Å². The molecular weight excluding hydrogens is 78.0 g/mol. The van der Waals surface area contributed by atoms with Crippen LogP contribution in [0.2, 0.25) is 0 Å². The highest BCUT2D eigenvalue weighted by Gasteiger charge is 1.86. The van der Waals surface area contributed by atoms with Crippen molar-refractivity contribution in [3.8, 4) is 0 Å². The first-order valence-corrected chi connectivity index (χ1v) is 1.60. The number of hydrogen-bond acceptors (Lipinski definition) is 1. The van der Waals surface area contributed by atoms with Crippen LogP contribution in [0, 0.1) is 0 Å². The summed E-state index contributed by atoms with van der Waals surface area (Å²) in [6, 6.07) is 0. The van der Waals surface area contributed by atoms with Gasteiger partial charge in [-0.25, -0.2) is 0 Å². The molecule has 0 saturated heterocycles. The fraction of sp³-hybridized carbons (Fsp3) is 0.250. The monoisotopic (exact) mass is 86.1 g/mol. The first-order valence-electron chi connectivity index (χ1n) is 1.60. The van der Waals surface area contributed by atoms with Crippen LogP contribution in [0.25, 0.3) is 0 Å². The molecule has 0 atom stereocenters. The van der Waals surface area contributed by atoms with E-state index < -0.39 is 5.91 Å². The van der Waals surface area contributed by atoms with Crippen molar-refractivity contribution in [3.05, 3.63) is 12.2 Å². The Balaban J connectivity index is 0. The molecule has 0 aromatic carbocycles. The Hall–Kier alpha value is -0.790. The summed E-state index contributed by atoms with van der Waals surface area (Å²) >= 11 is 0. The normalized spacial score (nSPS) is 7.50. The van der Waals surface area contributed by atoms with Gasteiger partial charge in [-0.15, -0.1) is 0 Å². The van der Waals surface area contributed by atoms with Gasteiger partial charge in [-0.2, -0.15) is 0 Å². The number of carbonyl (C=O) groups is 1. The summed E-state index contributed by atoms with van der Waals surface area (Å²) in [5.74, 6) is -0.435. The zero-order chi connectivity index (χ0) is 5.15. The van der Waals surface area contributed by atoms with Crippen LogP contribution in [-0.2, 0) is 4.79 Å². The molecule has 2 heteroatoms. The molecule has 0 aromatic heterocycles. The van der Waals surface area contributed by atoms with Crippen LogP contribution in [0.3, 0.4) is 0 Å². The van der Waals surface area contributed by atoms with Crippen molar-refractivity contribution in [1.29, 1.82) is 0 Å². The van der Waals surface area contributed by atoms with Gasteiger partial charge in [0.2, 0.25) is 5.91 Å². The maximum Gasteiger partial charge on any atom is 1.00 e. The minimum absolute atomic E-state index is 0. The number of primary amides is 1. The van der Waals surface area contributed by atoms with Crippen molar-refractivity contribution in [2.75, 3.05) is 0 Å². The standard InChI is InChI=1S/C4H7NO/c1-3(2)4(5)6/h1H2,2H3,(H2,5,6)/p+1. The van der Waals surface area contributed by atoms with E-state index in [1.54, 1.807) is 6.92 Å². The van der Waals surface area contributed by atoms with Crippen LogP contribution in [0.5, 0.6) is 0 Å². The molecule has 34 valence electrons. The second-order valence-electron chi connectivity index (χ2n) is 1.14. The molecule has 0 aliphatic rings. The molecule has 2 nitrogen and oxygen atoms in total. The van der Waals surface area contributed by atoms with E-state index >= 15 is 0 Å². The Bertz CT molecular complexity index is 77.7. The molecule has 0 rings (SSSR count). The minimum Gasteiger partial charge on any atom is -0.366 e. The van der Waals surface area contributed by atoms with E-state index in [-0.39, 0.29) is 1.43 Å². The van der Waals surface area contributed by atoms with Gasteiger partial charge < -0.3 is 5.73 Å². The van der Waals surface area contributed by atoms with Crippen molar-refractivity contribution >= 4 is 5.91 Å². The van der Waals surface area contributed by atoms with Gasteiger partial charge in [0.1, 0.15) is 0 Å². The first kappa shape index (κ1) is 5.21. The highest BCUT2D eigenvalue weighted by atomic mass is 16.1. The van der Waals surface area contributed by atoms with E-state index in [1.165, 1.54) is 0 Å². The third-order valence-corrected chi connectivity index (χ3v) is 0.421. The SMILES string of the molecule is C=C(C)C(N)=O.[H+]. The third-order valence-electron chi connectivity index (χ3n) is 0.421. The van der Waals surface area contributed by atoms with Crippen LogP contribution >= 0.6 is 0 Å². The quantitative estimate of drug-likeness (QED) is 0.454. The first-order chi connectivity index (χ1) is 2.64. The van der Waals surface area contributed by atoms with Crippen molar-refractivity contribution in [1.82, 2.24) is 0 Å². The van der Waals surface area contributed by atoms with Crippen molar-refractivity contribution in [3.63, 3.8) is 0 Å². The zero-order valence-electron chi connectivity index (χ0n) is 4.69. The molecular formula is C4H8NO+. The topological polar surface area (TPSA) is 43.1 Å². The fourth-order valence-corrected chi connectivity index (χ4v) is 0. The molecule has 0 heterocycles. The van der Waals surface area contributed by atoms with Gasteiger partial charge in [-0.1, -0.05) is 6.58 Å². The molecule has 1 amide bonds. The summed E-state index contributed by atoms with van der Waals surface area (Å²) in [5.41, 5.74) is 5.09. The number of carbonyl (C=O) groups excluding carboxylic acids is 1. The minimum atomic E-state index is -0.435. The highest BCUT2D eigenvalue weighted by Crippen LogP contribution is 1.78. The molecule has 0 bridgehead atoms. The summed E-state index contributed by atoms with van der Waals surface area (Å²) in [4.78, 5) is 9.82. The summed E-state index contributed by atoms with van der Waals surface area (Å²) in [6.07, 6.45) is 0. The average molecular weight is 86.1 g/mol. The third kappa shape index (κ3) is 1.52. The Kier molecular flexibility index (Phi) is 1.39. The number of rotatable bonds is 1. The zero-order valence-corrected chi connectivity index (χ0v) is 3.69. The number of amides is 1. The largest absolute Gasteiger partial charge is 1.00 e. The lowest BCUT2D eigenvalue weighted by molar-refractivity contribution is -0.114. The molecule has 0 spiro atoms. The van der Waals surface area contributed by atoms with Gasteiger partial charge in [0, 0.05) is 5.57 Å². The van der Waals surface area contributed by atoms with Gasteiger partial charge in [0.15, 0.2) is 0 Å². The van der Waals surface area contributed by atoms with Crippen LogP contribution in [0.1, 0.15) is 8.35 Å². The molecule has 0 aliphatic heterocycles. The van der Waals surface area contributed by atoms with E-state index in [0.717, 1.165) is 0 Å². The average Bonchev–Trinajstić information content (AvgIpc) is 1.36. The van der Waals surface area contributed by atoms with Crippen LogP contribution in [0.15, 0.2) is 12.2 Å². The highest BCUT2D eigenvalue weighted by molar-refractivity contribution is 5.90. The van der Waals surface area contributed by atoms with Crippen molar-refractivity contribution < 1.29 is 6.22 Å². The number of nitrogens with two attached hydrogens (primary N) is 1. The van der Waals surface area contributed by atoms with Crippen LogP contribution in [0.4, 0.5) is 0 Å². The summed E-state index contributed by atoms with van der Waals surface area (Å²) in [6.45, 7) is 4.85. The lowest BCUT2D eigenvalue weighted by atomic mass is 10.3. The second kappa shape index (κ2) is 1.60.